The lowest BCUT2D eigenvalue weighted by molar-refractivity contribution is -0.677. The molecule has 0 aromatic heterocycles. The highest BCUT2D eigenvalue weighted by atomic mass is 35.5. The molecule has 0 aromatic carbocycles. The molecule has 0 N–H and O–H groups in total. The van der Waals surface area contributed by atoms with E-state index < -0.39 is 0 Å². The molecule has 2 rings (SSSR count). The average molecular weight is 328 g/mol. The van der Waals surface area contributed by atoms with Gasteiger partial charge in [0.1, 0.15) is 22.2 Å². The molecule has 0 radical (unpaired) electrons. The third-order valence-corrected chi connectivity index (χ3v) is 6.28. The Morgan fingerprint density at radius 3 is 1.50 bits per heavy atom. The molecule has 2 heterocycles. The van der Waals surface area contributed by atoms with Gasteiger partial charge in [-0.15, -0.1) is 0 Å². The van der Waals surface area contributed by atoms with Gasteiger partial charge in [-0.05, 0) is 93.9 Å². The minimum atomic E-state index is 0.114. The van der Waals surface area contributed by atoms with Crippen LogP contribution in [0, 0.1) is 0 Å². The van der Waals surface area contributed by atoms with Crippen LogP contribution in [0.15, 0.2) is 0 Å². The Bertz CT molecular complexity index is 438. The summed E-state index contributed by atoms with van der Waals surface area (Å²) < 4.78 is 2.51. The topological polar surface area (TPSA) is 6.25 Å². The van der Waals surface area contributed by atoms with Crippen molar-refractivity contribution in [2.24, 2.45) is 0 Å². The third-order valence-electron chi connectivity index (χ3n) is 5.94. The molecule has 22 heavy (non-hydrogen) atoms. The molecular weight excluding hydrogens is 292 g/mol. The van der Waals surface area contributed by atoms with E-state index in [1.807, 2.05) is 0 Å². The second kappa shape index (κ2) is 5.40. The second-order valence-corrected chi connectivity index (χ2v) is 10.2. The van der Waals surface area contributed by atoms with E-state index in [2.05, 4.69) is 64.9 Å². The lowest BCUT2D eigenvalue weighted by atomic mass is 9.79. The molecule has 2 aliphatic heterocycles. The summed E-state index contributed by atoms with van der Waals surface area (Å²) in [5.74, 6) is 0. The predicted octanol–water partition coefficient (Wildman–Crippen LogP) is 5.38. The molecule has 2 aliphatic rings. The Hall–Kier alpha value is -0.240. The van der Waals surface area contributed by atoms with Gasteiger partial charge in [-0.25, -0.2) is 9.48 Å². The standard InChI is InChI=1S/C19H36ClN2/c1-16(2)11-9-12-17(3,4)21(16)15(20)22-18(5,6)13-10-14-19(22,7)8/h9-14H2,1-8H3/q+1. The molecule has 2 nitrogen and oxygen atoms in total. The Kier molecular flexibility index (Phi) is 4.44. The molecule has 2 fully saturated rings. The maximum Gasteiger partial charge on any atom is 0.346 e. The maximum absolute atomic E-state index is 7.15. The molecule has 2 saturated heterocycles. The predicted molar refractivity (Wildman–Crippen MR) is 97.0 cm³/mol. The SMILES string of the molecule is CC1(C)CCCC(C)(C)N1C(Cl)=[N+]1C(C)(C)CCCC1(C)C. The highest BCUT2D eigenvalue weighted by Crippen LogP contribution is 2.42. The summed E-state index contributed by atoms with van der Waals surface area (Å²) in [4.78, 5) is 2.51. The van der Waals surface area contributed by atoms with Crippen molar-refractivity contribution in [2.75, 3.05) is 0 Å². The zero-order valence-electron chi connectivity index (χ0n) is 16.0. The van der Waals surface area contributed by atoms with Gasteiger partial charge in [0.2, 0.25) is 0 Å². The summed E-state index contributed by atoms with van der Waals surface area (Å²) in [5, 5.41) is 0.962. The van der Waals surface area contributed by atoms with E-state index in [9.17, 15) is 0 Å². The molecule has 3 heteroatoms. The quantitative estimate of drug-likeness (QED) is 0.329. The fraction of sp³-hybridized carbons (Fsp3) is 0.947. The van der Waals surface area contributed by atoms with Crippen LogP contribution in [0.25, 0.3) is 0 Å². The molecular formula is C19H36ClN2+. The molecule has 0 saturated carbocycles. The van der Waals surface area contributed by atoms with Gasteiger partial charge in [0.15, 0.2) is 0 Å². The number of hydrogen-bond donors (Lipinski definition) is 0. The lowest BCUT2D eigenvalue weighted by Gasteiger charge is -2.50. The van der Waals surface area contributed by atoms with E-state index >= 15 is 0 Å². The number of piperidine rings is 2. The summed E-state index contributed by atoms with van der Waals surface area (Å²) in [5.41, 5.74) is 0.454. The summed E-state index contributed by atoms with van der Waals surface area (Å²) in [7, 11) is 0. The number of amidine groups is 1. The van der Waals surface area contributed by atoms with E-state index in [1.54, 1.807) is 0 Å². The van der Waals surface area contributed by atoms with Crippen LogP contribution < -0.4 is 0 Å². The van der Waals surface area contributed by atoms with Gasteiger partial charge in [-0.2, -0.15) is 0 Å². The van der Waals surface area contributed by atoms with Crippen molar-refractivity contribution in [3.05, 3.63) is 0 Å². The highest BCUT2D eigenvalue weighted by molar-refractivity contribution is 6.63. The Labute approximate surface area is 142 Å². The zero-order chi connectivity index (χ0) is 17.0. The Balaban J connectivity index is 2.60. The fourth-order valence-corrected chi connectivity index (χ4v) is 6.01. The van der Waals surface area contributed by atoms with Crippen LogP contribution in [0.3, 0.4) is 0 Å². The van der Waals surface area contributed by atoms with Crippen molar-refractivity contribution in [3.8, 4) is 0 Å². The molecule has 128 valence electrons. The van der Waals surface area contributed by atoms with Gasteiger partial charge in [0.25, 0.3) is 0 Å². The first-order valence-electron chi connectivity index (χ1n) is 8.94. The van der Waals surface area contributed by atoms with E-state index in [0.29, 0.717) is 0 Å². The first-order valence-corrected chi connectivity index (χ1v) is 9.32. The van der Waals surface area contributed by atoms with Crippen LogP contribution in [-0.4, -0.2) is 36.9 Å². The minimum absolute atomic E-state index is 0.114. The van der Waals surface area contributed by atoms with Crippen LogP contribution in [0.4, 0.5) is 0 Å². The van der Waals surface area contributed by atoms with Crippen molar-refractivity contribution in [2.45, 2.75) is 116 Å². The van der Waals surface area contributed by atoms with Gasteiger partial charge >= 0.3 is 5.29 Å². The van der Waals surface area contributed by atoms with Crippen molar-refractivity contribution in [1.29, 1.82) is 0 Å². The first-order chi connectivity index (χ1) is 9.81. The molecule has 0 bridgehead atoms. The van der Waals surface area contributed by atoms with Crippen molar-refractivity contribution < 1.29 is 4.58 Å². The molecule has 0 aromatic rings. The number of hydrogen-bond acceptors (Lipinski definition) is 0. The molecule has 0 atom stereocenters. The van der Waals surface area contributed by atoms with Crippen LogP contribution in [0.2, 0.25) is 0 Å². The molecule has 0 aliphatic carbocycles. The minimum Gasteiger partial charge on any atom is -0.242 e. The van der Waals surface area contributed by atoms with Gasteiger partial charge in [-0.3, -0.25) is 0 Å². The Morgan fingerprint density at radius 1 is 0.727 bits per heavy atom. The number of likely N-dealkylation sites (tertiary alicyclic amines) is 1. The van der Waals surface area contributed by atoms with E-state index in [1.165, 1.54) is 38.5 Å². The number of halogens is 1. The van der Waals surface area contributed by atoms with E-state index in [4.69, 9.17) is 11.6 Å². The van der Waals surface area contributed by atoms with Crippen molar-refractivity contribution in [1.82, 2.24) is 4.90 Å². The van der Waals surface area contributed by atoms with Crippen LogP contribution in [0.1, 0.15) is 93.9 Å². The van der Waals surface area contributed by atoms with E-state index in [0.717, 1.165) is 5.29 Å². The van der Waals surface area contributed by atoms with Crippen LogP contribution in [0.5, 0.6) is 0 Å². The molecule has 0 spiro atoms. The van der Waals surface area contributed by atoms with Crippen LogP contribution in [-0.2, 0) is 0 Å². The second-order valence-electron chi connectivity index (χ2n) is 9.90. The Morgan fingerprint density at radius 2 is 1.09 bits per heavy atom. The highest BCUT2D eigenvalue weighted by Gasteiger charge is 2.53. The summed E-state index contributed by atoms with van der Waals surface area (Å²) in [6, 6.07) is 0. The monoisotopic (exact) mass is 327 g/mol. The van der Waals surface area contributed by atoms with Gasteiger partial charge in [-0.1, -0.05) is 0 Å². The number of rotatable bonds is 0. The largest absolute Gasteiger partial charge is 0.346 e. The zero-order valence-corrected chi connectivity index (χ0v) is 16.8. The first kappa shape index (κ1) is 18.1. The van der Waals surface area contributed by atoms with Crippen molar-refractivity contribution in [3.63, 3.8) is 0 Å². The average Bonchev–Trinajstić information content (AvgIpc) is 2.22. The smallest absolute Gasteiger partial charge is 0.242 e. The summed E-state index contributed by atoms with van der Waals surface area (Å²) in [6.07, 6.45) is 7.41. The maximum atomic E-state index is 7.15. The summed E-state index contributed by atoms with van der Waals surface area (Å²) in [6.45, 7) is 18.8. The normalized spacial score (nSPS) is 29.3. The third kappa shape index (κ3) is 3.05. The lowest BCUT2D eigenvalue weighted by Crippen LogP contribution is -2.65. The molecule has 0 unspecified atom stereocenters. The van der Waals surface area contributed by atoms with Gasteiger partial charge in [0, 0.05) is 11.6 Å². The van der Waals surface area contributed by atoms with Gasteiger partial charge in [0.05, 0.1) is 0 Å². The van der Waals surface area contributed by atoms with Gasteiger partial charge < -0.3 is 0 Å². The summed E-state index contributed by atoms with van der Waals surface area (Å²) >= 11 is 7.15. The van der Waals surface area contributed by atoms with E-state index in [-0.39, 0.29) is 22.2 Å². The molecule has 0 amide bonds. The number of nitrogens with zero attached hydrogens (tertiary/aromatic N) is 2. The van der Waals surface area contributed by atoms with Crippen LogP contribution >= 0.6 is 11.6 Å². The van der Waals surface area contributed by atoms with Crippen molar-refractivity contribution >= 4 is 16.9 Å². The fourth-order valence-electron chi connectivity index (χ4n) is 5.09.